The fraction of sp³-hybridized carbons (Fsp3) is 0.278. The van der Waals surface area contributed by atoms with Crippen molar-refractivity contribution in [2.45, 2.75) is 20.0 Å². The van der Waals surface area contributed by atoms with Gasteiger partial charge in [0, 0.05) is 11.8 Å². The summed E-state index contributed by atoms with van der Waals surface area (Å²) >= 11 is 3.45. The standard InChI is InChI=1S/C18H18BrNO4/c1-11-3-5-15(14(19)9-11)24-12(2)18(21)20-13-4-6-16-17(10-13)23-8-7-22-16/h3-6,9-10,12H,7-8H2,1-2H3,(H,20,21). The maximum Gasteiger partial charge on any atom is 0.265 e. The van der Waals surface area contributed by atoms with E-state index in [0.29, 0.717) is 36.1 Å². The number of anilines is 1. The Balaban J connectivity index is 1.65. The number of hydrogen-bond donors (Lipinski definition) is 1. The maximum atomic E-state index is 12.3. The lowest BCUT2D eigenvalue weighted by atomic mass is 10.2. The van der Waals surface area contributed by atoms with Crippen LogP contribution in [-0.4, -0.2) is 25.2 Å². The number of carbonyl (C=O) groups excluding carboxylic acids is 1. The summed E-state index contributed by atoms with van der Waals surface area (Å²) in [5.41, 5.74) is 1.75. The first-order chi connectivity index (χ1) is 11.5. The van der Waals surface area contributed by atoms with Gasteiger partial charge in [0.05, 0.1) is 4.47 Å². The van der Waals surface area contributed by atoms with E-state index in [2.05, 4.69) is 21.2 Å². The lowest BCUT2D eigenvalue weighted by Crippen LogP contribution is -2.30. The maximum absolute atomic E-state index is 12.3. The van der Waals surface area contributed by atoms with Gasteiger partial charge in [-0.3, -0.25) is 4.79 Å². The highest BCUT2D eigenvalue weighted by Gasteiger charge is 2.18. The molecule has 2 aromatic rings. The Bertz CT molecular complexity index is 763. The largest absolute Gasteiger partial charge is 0.486 e. The van der Waals surface area contributed by atoms with Crippen molar-refractivity contribution in [2.75, 3.05) is 18.5 Å². The highest BCUT2D eigenvalue weighted by Crippen LogP contribution is 2.32. The van der Waals surface area contributed by atoms with Crippen LogP contribution < -0.4 is 19.5 Å². The van der Waals surface area contributed by atoms with Crippen molar-refractivity contribution >= 4 is 27.5 Å². The van der Waals surface area contributed by atoms with Gasteiger partial charge in [-0.2, -0.15) is 0 Å². The fourth-order valence-electron chi connectivity index (χ4n) is 2.31. The van der Waals surface area contributed by atoms with Gasteiger partial charge in [-0.15, -0.1) is 0 Å². The number of benzene rings is 2. The number of ether oxygens (including phenoxy) is 3. The predicted octanol–water partition coefficient (Wildman–Crippen LogP) is 3.93. The summed E-state index contributed by atoms with van der Waals surface area (Å²) in [5.74, 6) is 1.71. The van der Waals surface area contributed by atoms with Crippen LogP contribution in [0.3, 0.4) is 0 Å². The molecule has 3 rings (SSSR count). The molecule has 6 heteroatoms. The molecule has 0 bridgehead atoms. The monoisotopic (exact) mass is 391 g/mol. The van der Waals surface area contributed by atoms with Crippen molar-refractivity contribution in [1.82, 2.24) is 0 Å². The van der Waals surface area contributed by atoms with E-state index < -0.39 is 6.10 Å². The Labute approximate surface area is 149 Å². The van der Waals surface area contributed by atoms with Gasteiger partial charge in [-0.05, 0) is 59.6 Å². The Kier molecular flexibility index (Phi) is 4.94. The zero-order valence-electron chi connectivity index (χ0n) is 13.5. The van der Waals surface area contributed by atoms with Crippen molar-refractivity contribution < 1.29 is 19.0 Å². The van der Waals surface area contributed by atoms with E-state index in [-0.39, 0.29) is 5.91 Å². The minimum atomic E-state index is -0.641. The second-order valence-corrected chi connectivity index (χ2v) is 6.40. The van der Waals surface area contributed by atoms with E-state index in [1.165, 1.54) is 0 Å². The number of rotatable bonds is 4. The number of fused-ring (bicyclic) bond motifs is 1. The zero-order valence-corrected chi connectivity index (χ0v) is 15.1. The molecule has 1 heterocycles. The Morgan fingerprint density at radius 3 is 2.67 bits per heavy atom. The Morgan fingerprint density at radius 1 is 1.17 bits per heavy atom. The molecule has 0 saturated carbocycles. The highest BCUT2D eigenvalue weighted by molar-refractivity contribution is 9.10. The molecule has 0 aromatic heterocycles. The first-order valence-corrected chi connectivity index (χ1v) is 8.45. The molecule has 1 aliphatic rings. The van der Waals surface area contributed by atoms with E-state index in [4.69, 9.17) is 14.2 Å². The summed E-state index contributed by atoms with van der Waals surface area (Å²) in [5, 5.41) is 2.83. The number of nitrogens with one attached hydrogen (secondary N) is 1. The van der Waals surface area contributed by atoms with Gasteiger partial charge in [0.1, 0.15) is 19.0 Å². The van der Waals surface area contributed by atoms with Crippen LogP contribution >= 0.6 is 15.9 Å². The summed E-state index contributed by atoms with van der Waals surface area (Å²) in [6.45, 7) is 4.74. The first kappa shape index (κ1) is 16.6. The van der Waals surface area contributed by atoms with Crippen molar-refractivity contribution in [3.63, 3.8) is 0 Å². The average Bonchev–Trinajstić information content (AvgIpc) is 2.57. The molecule has 1 aliphatic heterocycles. The van der Waals surface area contributed by atoms with Gasteiger partial charge in [-0.1, -0.05) is 6.07 Å². The van der Waals surface area contributed by atoms with E-state index in [9.17, 15) is 4.79 Å². The lowest BCUT2D eigenvalue weighted by Gasteiger charge is -2.20. The highest BCUT2D eigenvalue weighted by atomic mass is 79.9. The van der Waals surface area contributed by atoms with Crippen LogP contribution in [0.4, 0.5) is 5.69 Å². The summed E-state index contributed by atoms with van der Waals surface area (Å²) in [6, 6.07) is 11.0. The van der Waals surface area contributed by atoms with E-state index in [1.807, 2.05) is 25.1 Å². The van der Waals surface area contributed by atoms with Crippen LogP contribution in [0.2, 0.25) is 0 Å². The topological polar surface area (TPSA) is 56.8 Å². The molecule has 1 atom stereocenters. The van der Waals surface area contributed by atoms with Crippen LogP contribution in [-0.2, 0) is 4.79 Å². The van der Waals surface area contributed by atoms with Gasteiger partial charge in [0.25, 0.3) is 5.91 Å². The predicted molar refractivity (Wildman–Crippen MR) is 95.0 cm³/mol. The molecule has 0 spiro atoms. The van der Waals surface area contributed by atoms with Gasteiger partial charge in [-0.25, -0.2) is 0 Å². The number of amides is 1. The SMILES string of the molecule is Cc1ccc(OC(C)C(=O)Nc2ccc3c(c2)OCCO3)c(Br)c1. The molecule has 24 heavy (non-hydrogen) atoms. The zero-order chi connectivity index (χ0) is 17.1. The van der Waals surface area contributed by atoms with E-state index >= 15 is 0 Å². The first-order valence-electron chi connectivity index (χ1n) is 7.66. The number of halogens is 1. The second-order valence-electron chi connectivity index (χ2n) is 5.54. The van der Waals surface area contributed by atoms with E-state index in [0.717, 1.165) is 10.0 Å². The second kappa shape index (κ2) is 7.13. The third-order valence-electron chi connectivity index (χ3n) is 3.57. The molecule has 0 saturated heterocycles. The van der Waals surface area contributed by atoms with E-state index in [1.54, 1.807) is 25.1 Å². The quantitative estimate of drug-likeness (QED) is 0.857. The molecule has 0 fully saturated rings. The Hall–Kier alpha value is -2.21. The minimum absolute atomic E-state index is 0.237. The number of carbonyl (C=O) groups is 1. The molecular weight excluding hydrogens is 374 g/mol. The van der Waals surface area contributed by atoms with Crippen molar-refractivity contribution in [3.05, 3.63) is 46.4 Å². The van der Waals surface area contributed by atoms with Crippen molar-refractivity contribution in [3.8, 4) is 17.2 Å². The Morgan fingerprint density at radius 2 is 1.92 bits per heavy atom. The molecule has 1 N–H and O–H groups in total. The molecule has 126 valence electrons. The van der Waals surface area contributed by atoms with Gasteiger partial charge < -0.3 is 19.5 Å². The number of aryl methyl sites for hydroxylation is 1. The molecule has 1 amide bonds. The summed E-state index contributed by atoms with van der Waals surface area (Å²) < 4.78 is 17.5. The van der Waals surface area contributed by atoms with Gasteiger partial charge in [0.15, 0.2) is 17.6 Å². The normalized spacial score (nSPS) is 14.0. The van der Waals surface area contributed by atoms with Crippen molar-refractivity contribution in [2.24, 2.45) is 0 Å². The smallest absolute Gasteiger partial charge is 0.265 e. The van der Waals surface area contributed by atoms with Crippen LogP contribution in [0.15, 0.2) is 40.9 Å². The lowest BCUT2D eigenvalue weighted by molar-refractivity contribution is -0.122. The van der Waals surface area contributed by atoms with Crippen molar-refractivity contribution in [1.29, 1.82) is 0 Å². The van der Waals surface area contributed by atoms with Crippen LogP contribution in [0.1, 0.15) is 12.5 Å². The van der Waals surface area contributed by atoms with Crippen LogP contribution in [0.25, 0.3) is 0 Å². The van der Waals surface area contributed by atoms with Gasteiger partial charge in [0.2, 0.25) is 0 Å². The summed E-state index contributed by atoms with van der Waals surface area (Å²) in [6.07, 6.45) is -0.641. The third-order valence-corrected chi connectivity index (χ3v) is 4.19. The number of hydrogen-bond acceptors (Lipinski definition) is 4. The average molecular weight is 392 g/mol. The molecule has 2 aromatic carbocycles. The molecule has 0 aliphatic carbocycles. The van der Waals surface area contributed by atoms with Gasteiger partial charge >= 0.3 is 0 Å². The summed E-state index contributed by atoms with van der Waals surface area (Å²) in [4.78, 5) is 12.3. The molecule has 0 radical (unpaired) electrons. The summed E-state index contributed by atoms with van der Waals surface area (Å²) in [7, 11) is 0. The molecule has 1 unspecified atom stereocenters. The van der Waals surface area contributed by atoms with Crippen LogP contribution in [0.5, 0.6) is 17.2 Å². The fourth-order valence-corrected chi connectivity index (χ4v) is 2.90. The van der Waals surface area contributed by atoms with Crippen LogP contribution in [0, 0.1) is 6.92 Å². The molecule has 5 nitrogen and oxygen atoms in total. The third kappa shape index (κ3) is 3.82. The molecular formula is C18H18BrNO4. The minimum Gasteiger partial charge on any atom is -0.486 e.